The van der Waals surface area contributed by atoms with Crippen molar-refractivity contribution in [3.8, 4) is 5.75 Å². The average Bonchev–Trinajstić information content (AvgIpc) is 2.70. The molecule has 2 rings (SSSR count). The van der Waals surface area contributed by atoms with Crippen molar-refractivity contribution in [2.45, 2.75) is 25.2 Å². The number of morpholine rings is 1. The van der Waals surface area contributed by atoms with Crippen LogP contribution in [0, 0.1) is 0 Å². The third-order valence-corrected chi connectivity index (χ3v) is 6.31. The normalized spacial score (nSPS) is 16.0. The van der Waals surface area contributed by atoms with Gasteiger partial charge in [0.25, 0.3) is 0 Å². The first-order chi connectivity index (χ1) is 13.1. The number of sulfonamides is 1. The molecule has 0 unspecified atom stereocenters. The van der Waals surface area contributed by atoms with Crippen LogP contribution in [0.25, 0.3) is 0 Å². The largest absolute Gasteiger partial charge is 0.494 e. The molecule has 1 heterocycles. The van der Waals surface area contributed by atoms with Crippen LogP contribution < -0.4 is 4.74 Å². The van der Waals surface area contributed by atoms with E-state index in [4.69, 9.17) is 14.2 Å². The molecule has 8 heteroatoms. The van der Waals surface area contributed by atoms with E-state index in [1.807, 2.05) is 13.8 Å². The summed E-state index contributed by atoms with van der Waals surface area (Å²) in [4.78, 5) is 2.51. The van der Waals surface area contributed by atoms with Gasteiger partial charge in [-0.3, -0.25) is 4.90 Å². The van der Waals surface area contributed by atoms with Crippen molar-refractivity contribution < 1.29 is 22.6 Å². The molecular weight excluding hydrogens is 368 g/mol. The first kappa shape index (κ1) is 22.1. The molecule has 1 aliphatic heterocycles. The molecule has 0 amide bonds. The predicted molar refractivity (Wildman–Crippen MR) is 105 cm³/mol. The summed E-state index contributed by atoms with van der Waals surface area (Å²) in [6.45, 7) is 10.0. The summed E-state index contributed by atoms with van der Waals surface area (Å²) in [7, 11) is -3.58. The molecule has 27 heavy (non-hydrogen) atoms. The number of ether oxygens (including phenoxy) is 3. The van der Waals surface area contributed by atoms with E-state index >= 15 is 0 Å². The number of nitrogens with zero attached hydrogens (tertiary/aromatic N) is 2. The zero-order valence-corrected chi connectivity index (χ0v) is 17.2. The fraction of sp³-hybridized carbons (Fsp3) is 0.684. The smallest absolute Gasteiger partial charge is 0.243 e. The maximum absolute atomic E-state index is 13.1. The van der Waals surface area contributed by atoms with Crippen molar-refractivity contribution in [3.63, 3.8) is 0 Å². The van der Waals surface area contributed by atoms with E-state index in [-0.39, 0.29) is 4.90 Å². The molecule has 0 aromatic heterocycles. The van der Waals surface area contributed by atoms with Crippen LogP contribution in [0.5, 0.6) is 5.75 Å². The molecular formula is C19H32N2O5S. The lowest BCUT2D eigenvalue weighted by atomic mass is 10.3. The fourth-order valence-electron chi connectivity index (χ4n) is 2.82. The molecule has 1 fully saturated rings. The Morgan fingerprint density at radius 3 is 2.41 bits per heavy atom. The minimum absolute atomic E-state index is 0.282. The number of hydrogen-bond donors (Lipinski definition) is 0. The molecule has 1 saturated heterocycles. The Labute approximate surface area is 163 Å². The van der Waals surface area contributed by atoms with Crippen molar-refractivity contribution in [1.82, 2.24) is 9.21 Å². The standard InChI is InChI=1S/C19H32N2O5S/c1-3-14-26-18-5-7-19(8-6-18)27(22,23)21(13-17-24-4-2)10-9-20-11-15-25-16-12-20/h5-8H,3-4,9-17H2,1-2H3. The summed E-state index contributed by atoms with van der Waals surface area (Å²) in [6.07, 6.45) is 0.910. The van der Waals surface area contributed by atoms with Gasteiger partial charge in [-0.1, -0.05) is 6.92 Å². The summed E-state index contributed by atoms with van der Waals surface area (Å²) in [6, 6.07) is 6.65. The van der Waals surface area contributed by atoms with E-state index in [1.165, 1.54) is 4.31 Å². The van der Waals surface area contributed by atoms with Gasteiger partial charge in [-0.2, -0.15) is 4.31 Å². The lowest BCUT2D eigenvalue weighted by Gasteiger charge is -2.29. The van der Waals surface area contributed by atoms with Crippen LogP contribution >= 0.6 is 0 Å². The van der Waals surface area contributed by atoms with Crippen LogP contribution in [0.3, 0.4) is 0 Å². The maximum atomic E-state index is 13.1. The van der Waals surface area contributed by atoms with Gasteiger partial charge in [0.1, 0.15) is 5.75 Å². The minimum atomic E-state index is -3.58. The van der Waals surface area contributed by atoms with Gasteiger partial charge in [-0.05, 0) is 37.6 Å². The van der Waals surface area contributed by atoms with E-state index in [0.29, 0.717) is 58.4 Å². The van der Waals surface area contributed by atoms with Gasteiger partial charge in [0.15, 0.2) is 0 Å². The third-order valence-electron chi connectivity index (χ3n) is 4.39. The second kappa shape index (κ2) is 11.6. The number of rotatable bonds is 12. The predicted octanol–water partition coefficient (Wildman–Crippen LogP) is 1.83. The lowest BCUT2D eigenvalue weighted by Crippen LogP contribution is -2.44. The highest BCUT2D eigenvalue weighted by molar-refractivity contribution is 7.89. The van der Waals surface area contributed by atoms with E-state index in [1.54, 1.807) is 24.3 Å². The quantitative estimate of drug-likeness (QED) is 0.499. The molecule has 1 aliphatic rings. The van der Waals surface area contributed by atoms with Gasteiger partial charge in [0.2, 0.25) is 10.0 Å². The second-order valence-corrected chi connectivity index (χ2v) is 8.31. The Morgan fingerprint density at radius 2 is 1.78 bits per heavy atom. The molecule has 0 radical (unpaired) electrons. The number of hydrogen-bond acceptors (Lipinski definition) is 6. The van der Waals surface area contributed by atoms with Gasteiger partial charge < -0.3 is 14.2 Å². The molecule has 0 saturated carbocycles. The van der Waals surface area contributed by atoms with Crippen LogP contribution in [-0.2, 0) is 19.5 Å². The molecule has 0 aliphatic carbocycles. The van der Waals surface area contributed by atoms with Crippen LogP contribution in [0.15, 0.2) is 29.2 Å². The zero-order valence-electron chi connectivity index (χ0n) is 16.4. The summed E-state index contributed by atoms with van der Waals surface area (Å²) >= 11 is 0. The maximum Gasteiger partial charge on any atom is 0.243 e. The third kappa shape index (κ3) is 7.04. The molecule has 0 atom stereocenters. The van der Waals surface area contributed by atoms with E-state index < -0.39 is 10.0 Å². The molecule has 154 valence electrons. The molecule has 1 aromatic carbocycles. The monoisotopic (exact) mass is 400 g/mol. The van der Waals surface area contributed by atoms with Crippen molar-refractivity contribution in [1.29, 1.82) is 0 Å². The van der Waals surface area contributed by atoms with Crippen molar-refractivity contribution in [3.05, 3.63) is 24.3 Å². The van der Waals surface area contributed by atoms with E-state index in [0.717, 1.165) is 19.5 Å². The number of benzene rings is 1. The average molecular weight is 401 g/mol. The lowest BCUT2D eigenvalue weighted by molar-refractivity contribution is 0.0354. The Bertz CT molecular complexity index is 630. The van der Waals surface area contributed by atoms with Gasteiger partial charge >= 0.3 is 0 Å². The molecule has 1 aromatic rings. The van der Waals surface area contributed by atoms with E-state index in [9.17, 15) is 8.42 Å². The zero-order chi connectivity index (χ0) is 19.5. The fourth-order valence-corrected chi connectivity index (χ4v) is 4.23. The minimum Gasteiger partial charge on any atom is -0.494 e. The van der Waals surface area contributed by atoms with Crippen molar-refractivity contribution in [2.24, 2.45) is 0 Å². The van der Waals surface area contributed by atoms with Gasteiger partial charge in [0, 0.05) is 39.3 Å². The molecule has 0 N–H and O–H groups in total. The van der Waals surface area contributed by atoms with Crippen LogP contribution in [-0.4, -0.2) is 83.4 Å². The van der Waals surface area contributed by atoms with Crippen LogP contribution in [0.1, 0.15) is 20.3 Å². The Hall–Kier alpha value is -1.19. The van der Waals surface area contributed by atoms with Gasteiger partial charge in [-0.15, -0.1) is 0 Å². The summed E-state index contributed by atoms with van der Waals surface area (Å²) in [5.74, 6) is 0.685. The van der Waals surface area contributed by atoms with Crippen molar-refractivity contribution in [2.75, 3.05) is 65.8 Å². The van der Waals surface area contributed by atoms with Gasteiger partial charge in [0.05, 0.1) is 31.3 Å². The summed E-state index contributed by atoms with van der Waals surface area (Å²) < 4.78 is 44.0. The van der Waals surface area contributed by atoms with Crippen LogP contribution in [0.2, 0.25) is 0 Å². The van der Waals surface area contributed by atoms with Crippen molar-refractivity contribution >= 4 is 10.0 Å². The Kier molecular flexibility index (Phi) is 9.50. The topological polar surface area (TPSA) is 68.3 Å². The molecule has 0 bridgehead atoms. The SMILES string of the molecule is CCCOc1ccc(S(=O)(=O)N(CCOCC)CCN2CCOCC2)cc1. The summed E-state index contributed by atoms with van der Waals surface area (Å²) in [5, 5.41) is 0. The first-order valence-electron chi connectivity index (χ1n) is 9.68. The summed E-state index contributed by atoms with van der Waals surface area (Å²) in [5.41, 5.74) is 0. The van der Waals surface area contributed by atoms with E-state index in [2.05, 4.69) is 4.90 Å². The highest BCUT2D eigenvalue weighted by Gasteiger charge is 2.25. The molecule has 0 spiro atoms. The highest BCUT2D eigenvalue weighted by atomic mass is 32.2. The second-order valence-electron chi connectivity index (χ2n) is 6.37. The Balaban J connectivity index is 2.05. The molecule has 7 nitrogen and oxygen atoms in total. The van der Waals surface area contributed by atoms with Crippen LogP contribution in [0.4, 0.5) is 0 Å². The highest BCUT2D eigenvalue weighted by Crippen LogP contribution is 2.20. The first-order valence-corrected chi connectivity index (χ1v) is 11.1. The van der Waals surface area contributed by atoms with Gasteiger partial charge in [-0.25, -0.2) is 8.42 Å². The Morgan fingerprint density at radius 1 is 1.07 bits per heavy atom.